The Labute approximate surface area is 147 Å². The monoisotopic (exact) mass is 398 g/mol. The number of nitrogens with zero attached hydrogens (tertiary/aromatic N) is 5. The smallest absolute Gasteiger partial charge is 0.358 e. The number of carbonyl (C=O) groups excluding carboxylic acids is 1. The molecule has 0 bridgehead atoms. The minimum atomic E-state index is -0.606. The zero-order valence-electron chi connectivity index (χ0n) is 13.7. The third kappa shape index (κ3) is 3.81. The van der Waals surface area contributed by atoms with E-state index in [1.807, 2.05) is 20.0 Å². The molecule has 2 aromatic heterocycles. The molecule has 0 radical (unpaired) electrons. The van der Waals surface area contributed by atoms with Crippen LogP contribution in [0.3, 0.4) is 0 Å². The van der Waals surface area contributed by atoms with Crippen molar-refractivity contribution in [3.63, 3.8) is 0 Å². The van der Waals surface area contributed by atoms with E-state index in [9.17, 15) is 14.9 Å². The molecule has 2 aromatic rings. The van der Waals surface area contributed by atoms with Gasteiger partial charge in [0.2, 0.25) is 5.91 Å². The zero-order chi connectivity index (χ0) is 17.9. The lowest BCUT2D eigenvalue weighted by molar-refractivity contribution is -0.389. The highest BCUT2D eigenvalue weighted by Gasteiger charge is 2.27. The van der Waals surface area contributed by atoms with Gasteiger partial charge < -0.3 is 15.4 Å². The average Bonchev–Trinajstić information content (AvgIpc) is 3.09. The van der Waals surface area contributed by atoms with Crippen LogP contribution in [0.25, 0.3) is 0 Å². The molecule has 0 aromatic carbocycles. The van der Waals surface area contributed by atoms with Crippen molar-refractivity contribution >= 4 is 27.7 Å². The summed E-state index contributed by atoms with van der Waals surface area (Å²) in [6, 6.07) is 0.751. The number of amides is 1. The summed E-state index contributed by atoms with van der Waals surface area (Å²) >= 11 is 3.41. The van der Waals surface area contributed by atoms with Crippen molar-refractivity contribution in [2.24, 2.45) is 0 Å². The van der Waals surface area contributed by atoms with Crippen LogP contribution in [0.1, 0.15) is 37.7 Å². The minimum Gasteiger partial charge on any atom is -0.358 e. The highest BCUT2D eigenvalue weighted by Crippen LogP contribution is 2.19. The number of carbonyl (C=O) groups is 1. The number of nitrogens with one attached hydrogen (secondary N) is 1. The van der Waals surface area contributed by atoms with Gasteiger partial charge in [-0.25, -0.2) is 0 Å². The summed E-state index contributed by atoms with van der Waals surface area (Å²) in [5.74, 6) is -0.514. The Kier molecular flexibility index (Phi) is 5.71. The van der Waals surface area contributed by atoms with Gasteiger partial charge in [-0.2, -0.15) is 9.78 Å². The van der Waals surface area contributed by atoms with Crippen LogP contribution < -0.4 is 5.32 Å². The van der Waals surface area contributed by atoms with Crippen molar-refractivity contribution in [3.8, 4) is 0 Å². The molecule has 0 fully saturated rings. The number of aromatic nitrogens is 4. The predicted molar refractivity (Wildman–Crippen MR) is 90.4 cm³/mol. The van der Waals surface area contributed by atoms with E-state index in [1.54, 1.807) is 11.6 Å². The first-order valence-corrected chi connectivity index (χ1v) is 8.36. The van der Waals surface area contributed by atoms with Gasteiger partial charge in [0.15, 0.2) is 6.04 Å². The Morgan fingerprint density at radius 2 is 2.17 bits per heavy atom. The first kappa shape index (κ1) is 18.1. The minimum absolute atomic E-state index is 0.253. The van der Waals surface area contributed by atoms with Gasteiger partial charge in [0, 0.05) is 12.7 Å². The van der Waals surface area contributed by atoms with E-state index >= 15 is 0 Å². The lowest BCUT2D eigenvalue weighted by Crippen LogP contribution is -2.33. The van der Waals surface area contributed by atoms with Crippen LogP contribution in [0, 0.1) is 17.0 Å². The quantitative estimate of drug-likeness (QED) is 0.568. The van der Waals surface area contributed by atoms with Crippen molar-refractivity contribution in [1.82, 2.24) is 24.9 Å². The highest BCUT2D eigenvalue weighted by atomic mass is 79.9. The molecule has 0 saturated heterocycles. The van der Waals surface area contributed by atoms with Crippen molar-refractivity contribution in [3.05, 3.63) is 38.2 Å². The molecule has 1 N–H and O–H groups in total. The molecule has 0 aliphatic rings. The van der Waals surface area contributed by atoms with E-state index in [0.717, 1.165) is 16.7 Å². The van der Waals surface area contributed by atoms with Crippen molar-refractivity contribution < 1.29 is 9.72 Å². The molecule has 2 rings (SSSR count). The van der Waals surface area contributed by atoms with E-state index in [4.69, 9.17) is 0 Å². The van der Waals surface area contributed by atoms with E-state index in [-0.39, 0.29) is 18.3 Å². The summed E-state index contributed by atoms with van der Waals surface area (Å²) in [6.07, 6.45) is 2.32. The summed E-state index contributed by atoms with van der Waals surface area (Å²) in [5.41, 5.74) is 1.29. The molecule has 0 aliphatic heterocycles. The topological polar surface area (TPSA) is 108 Å². The molecule has 0 spiro atoms. The van der Waals surface area contributed by atoms with Gasteiger partial charge in [-0.1, -0.05) is 6.92 Å². The standard InChI is InChI=1S/C14H19BrN6O3/c1-4-12(20-9(3)6-13(18-20)21(23)24)14(22)16-7-11-10(15)8-19(5-2)17-11/h6,8,12H,4-5,7H2,1-3H3,(H,16,22). The summed E-state index contributed by atoms with van der Waals surface area (Å²) in [4.78, 5) is 22.7. The maximum Gasteiger partial charge on any atom is 0.390 e. The van der Waals surface area contributed by atoms with Crippen molar-refractivity contribution in [2.75, 3.05) is 0 Å². The molecule has 1 atom stereocenters. The second-order valence-electron chi connectivity index (χ2n) is 5.27. The summed E-state index contributed by atoms with van der Waals surface area (Å²) in [5, 5.41) is 21.9. The largest absolute Gasteiger partial charge is 0.390 e. The van der Waals surface area contributed by atoms with Gasteiger partial charge in [0.1, 0.15) is 0 Å². The van der Waals surface area contributed by atoms with Crippen molar-refractivity contribution in [2.45, 2.75) is 46.3 Å². The Balaban J connectivity index is 2.11. The first-order chi connectivity index (χ1) is 11.4. The van der Waals surface area contributed by atoms with Gasteiger partial charge in [-0.05, 0) is 41.1 Å². The maximum atomic E-state index is 12.5. The lowest BCUT2D eigenvalue weighted by atomic mass is 10.2. The second-order valence-corrected chi connectivity index (χ2v) is 6.12. The van der Waals surface area contributed by atoms with Gasteiger partial charge in [0.25, 0.3) is 0 Å². The van der Waals surface area contributed by atoms with Gasteiger partial charge in [-0.3, -0.25) is 9.48 Å². The van der Waals surface area contributed by atoms with Crippen LogP contribution in [0.2, 0.25) is 0 Å². The van der Waals surface area contributed by atoms with Crippen LogP contribution in [0.15, 0.2) is 16.7 Å². The fourth-order valence-electron chi connectivity index (χ4n) is 2.35. The summed E-state index contributed by atoms with van der Waals surface area (Å²) < 4.78 is 3.99. The van der Waals surface area contributed by atoms with E-state index in [2.05, 4.69) is 31.4 Å². The Morgan fingerprint density at radius 1 is 1.46 bits per heavy atom. The molecule has 1 unspecified atom stereocenters. The predicted octanol–water partition coefficient (Wildman–Crippen LogP) is 2.35. The van der Waals surface area contributed by atoms with Crippen LogP contribution in [-0.2, 0) is 17.9 Å². The average molecular weight is 399 g/mol. The number of hydrogen-bond donors (Lipinski definition) is 1. The number of hydrogen-bond acceptors (Lipinski definition) is 5. The molecule has 1 amide bonds. The molecule has 0 aliphatic carbocycles. The highest BCUT2D eigenvalue weighted by molar-refractivity contribution is 9.10. The Morgan fingerprint density at radius 3 is 2.67 bits per heavy atom. The van der Waals surface area contributed by atoms with Crippen molar-refractivity contribution in [1.29, 1.82) is 0 Å². The first-order valence-electron chi connectivity index (χ1n) is 7.57. The SMILES string of the molecule is CCC(C(=O)NCc1nn(CC)cc1Br)n1nc([N+](=O)[O-])cc1C. The van der Waals surface area contributed by atoms with E-state index in [1.165, 1.54) is 10.7 Å². The third-order valence-corrected chi connectivity index (χ3v) is 4.28. The zero-order valence-corrected chi connectivity index (χ0v) is 15.3. The van der Waals surface area contributed by atoms with Crippen LogP contribution in [-0.4, -0.2) is 30.4 Å². The number of nitro groups is 1. The third-order valence-electron chi connectivity index (χ3n) is 3.62. The van der Waals surface area contributed by atoms with Crippen LogP contribution in [0.5, 0.6) is 0 Å². The molecular weight excluding hydrogens is 380 g/mol. The number of aryl methyl sites for hydroxylation is 2. The molecule has 0 saturated carbocycles. The van der Waals surface area contributed by atoms with E-state index < -0.39 is 11.0 Å². The summed E-state index contributed by atoms with van der Waals surface area (Å²) in [7, 11) is 0. The molecule has 2 heterocycles. The molecule has 130 valence electrons. The van der Waals surface area contributed by atoms with Gasteiger partial charge >= 0.3 is 5.82 Å². The number of rotatable bonds is 7. The second kappa shape index (κ2) is 7.56. The molecule has 10 heteroatoms. The van der Waals surface area contributed by atoms with Crippen LogP contribution in [0.4, 0.5) is 5.82 Å². The normalized spacial score (nSPS) is 12.2. The number of halogens is 1. The molecular formula is C14H19BrN6O3. The maximum absolute atomic E-state index is 12.5. The molecule has 24 heavy (non-hydrogen) atoms. The fourth-order valence-corrected chi connectivity index (χ4v) is 2.81. The van der Waals surface area contributed by atoms with E-state index in [0.29, 0.717) is 12.1 Å². The van der Waals surface area contributed by atoms with Gasteiger partial charge in [0.05, 0.1) is 33.6 Å². The molecule has 9 nitrogen and oxygen atoms in total. The lowest BCUT2D eigenvalue weighted by Gasteiger charge is -2.13. The van der Waals surface area contributed by atoms with Crippen LogP contribution >= 0.6 is 15.9 Å². The Bertz CT molecular complexity index is 754. The summed E-state index contributed by atoms with van der Waals surface area (Å²) in [6.45, 7) is 6.50. The van der Waals surface area contributed by atoms with Gasteiger partial charge in [-0.15, -0.1) is 0 Å². The Hall–Kier alpha value is -2.23. The fraction of sp³-hybridized carbons (Fsp3) is 0.500.